The second-order valence-electron chi connectivity index (χ2n) is 5.09. The Morgan fingerprint density at radius 2 is 1.69 bits per heavy atom. The van der Waals surface area contributed by atoms with Gasteiger partial charge in [-0.1, -0.05) is 0 Å². The van der Waals surface area contributed by atoms with Crippen LogP contribution >= 0.6 is 12.2 Å². The maximum absolute atomic E-state index is 5.41. The van der Waals surface area contributed by atoms with E-state index in [9.17, 15) is 0 Å². The summed E-state index contributed by atoms with van der Waals surface area (Å²) in [5.74, 6) is 2.30. The van der Waals surface area contributed by atoms with E-state index in [1.165, 1.54) is 4.68 Å². The van der Waals surface area contributed by atoms with Gasteiger partial charge in [0.2, 0.25) is 4.77 Å². The molecule has 3 rings (SSSR count). The number of ether oxygens (including phenoxy) is 3. The number of benzene rings is 1. The summed E-state index contributed by atoms with van der Waals surface area (Å²) in [5.41, 5.74) is 1.54. The lowest BCUT2D eigenvalue weighted by Crippen LogP contribution is -1.99. The van der Waals surface area contributed by atoms with Crippen LogP contribution in [0.25, 0.3) is 11.4 Å². The minimum absolute atomic E-state index is 0.368. The number of hydrogen-bond donors (Lipinski definition) is 1. The van der Waals surface area contributed by atoms with Crippen LogP contribution in [0.5, 0.6) is 17.2 Å². The van der Waals surface area contributed by atoms with E-state index < -0.39 is 0 Å². The van der Waals surface area contributed by atoms with Crippen LogP contribution in [0.3, 0.4) is 0 Å². The third kappa shape index (κ3) is 3.42. The van der Waals surface area contributed by atoms with Crippen LogP contribution in [0.2, 0.25) is 0 Å². The summed E-state index contributed by atoms with van der Waals surface area (Å²) < 4.78 is 17.9. The van der Waals surface area contributed by atoms with Gasteiger partial charge in [-0.25, -0.2) is 5.10 Å². The van der Waals surface area contributed by atoms with Gasteiger partial charge in [0, 0.05) is 29.6 Å². The van der Waals surface area contributed by atoms with E-state index in [4.69, 9.17) is 26.4 Å². The molecule has 0 aliphatic carbocycles. The highest BCUT2D eigenvalue weighted by atomic mass is 32.1. The van der Waals surface area contributed by atoms with Crippen LogP contribution in [0.4, 0.5) is 0 Å². The fraction of sp³-hybridized carbons (Fsp3) is 0.176. The Morgan fingerprint density at radius 3 is 2.35 bits per heavy atom. The number of aromatic amines is 1. The molecule has 1 N–H and O–H groups in total. The highest BCUT2D eigenvalue weighted by molar-refractivity contribution is 7.71. The molecule has 9 heteroatoms. The highest BCUT2D eigenvalue weighted by Gasteiger charge is 2.12. The first kappa shape index (κ1) is 17.6. The predicted molar refractivity (Wildman–Crippen MR) is 99.7 cm³/mol. The molecule has 0 aliphatic heterocycles. The zero-order chi connectivity index (χ0) is 18.5. The number of nitrogens with zero attached hydrogens (tertiary/aromatic N) is 4. The van der Waals surface area contributed by atoms with E-state index in [1.54, 1.807) is 52.1 Å². The van der Waals surface area contributed by atoms with Crippen molar-refractivity contribution in [1.82, 2.24) is 19.9 Å². The van der Waals surface area contributed by atoms with E-state index in [-0.39, 0.29) is 0 Å². The molecule has 3 aromatic rings. The normalized spacial score (nSPS) is 10.9. The van der Waals surface area contributed by atoms with Crippen molar-refractivity contribution >= 4 is 18.4 Å². The molecule has 0 atom stereocenters. The monoisotopic (exact) mass is 371 g/mol. The molecule has 0 radical (unpaired) electrons. The Labute approximate surface area is 155 Å². The molecular weight excluding hydrogens is 354 g/mol. The van der Waals surface area contributed by atoms with Gasteiger partial charge in [-0.2, -0.15) is 14.9 Å². The molecule has 0 saturated carbocycles. The maximum atomic E-state index is 5.41. The molecule has 0 amide bonds. The van der Waals surface area contributed by atoms with Crippen molar-refractivity contribution in [2.75, 3.05) is 21.3 Å². The number of hydrogen-bond acceptors (Lipinski definition) is 7. The van der Waals surface area contributed by atoms with Crippen LogP contribution in [-0.4, -0.2) is 47.4 Å². The fourth-order valence-electron chi connectivity index (χ4n) is 2.36. The molecule has 8 nitrogen and oxygen atoms in total. The first-order valence-corrected chi connectivity index (χ1v) is 8.01. The Kier molecular flexibility index (Phi) is 5.28. The quantitative estimate of drug-likeness (QED) is 0.530. The van der Waals surface area contributed by atoms with Gasteiger partial charge in [-0.05, 0) is 30.4 Å². The molecule has 26 heavy (non-hydrogen) atoms. The van der Waals surface area contributed by atoms with Crippen molar-refractivity contribution in [2.45, 2.75) is 0 Å². The minimum Gasteiger partial charge on any atom is -0.496 e. The van der Waals surface area contributed by atoms with Crippen LogP contribution in [0.1, 0.15) is 5.56 Å². The summed E-state index contributed by atoms with van der Waals surface area (Å²) in [6.45, 7) is 0. The van der Waals surface area contributed by atoms with Gasteiger partial charge < -0.3 is 14.2 Å². The van der Waals surface area contributed by atoms with Crippen molar-refractivity contribution in [3.8, 4) is 28.6 Å². The van der Waals surface area contributed by atoms with Crippen LogP contribution < -0.4 is 14.2 Å². The maximum Gasteiger partial charge on any atom is 0.216 e. The van der Waals surface area contributed by atoms with Gasteiger partial charge in [0.25, 0.3) is 0 Å². The Balaban J connectivity index is 2.04. The fourth-order valence-corrected chi connectivity index (χ4v) is 2.54. The molecule has 0 unspecified atom stereocenters. The second-order valence-corrected chi connectivity index (χ2v) is 5.48. The van der Waals surface area contributed by atoms with E-state index in [2.05, 4.69) is 20.3 Å². The number of aromatic nitrogens is 4. The average molecular weight is 371 g/mol. The first-order chi connectivity index (χ1) is 12.7. The number of H-pyrrole nitrogens is 1. The molecule has 1 aromatic carbocycles. The Bertz CT molecular complexity index is 982. The summed E-state index contributed by atoms with van der Waals surface area (Å²) in [5, 5.41) is 11.4. The zero-order valence-electron chi connectivity index (χ0n) is 14.5. The van der Waals surface area contributed by atoms with Gasteiger partial charge in [-0.15, -0.1) is 0 Å². The summed E-state index contributed by atoms with van der Waals surface area (Å²) in [6, 6.07) is 7.16. The van der Waals surface area contributed by atoms with Crippen molar-refractivity contribution < 1.29 is 14.2 Å². The van der Waals surface area contributed by atoms with Crippen LogP contribution in [0.15, 0.2) is 41.8 Å². The summed E-state index contributed by atoms with van der Waals surface area (Å²) in [6.07, 6.45) is 4.98. The number of rotatable bonds is 6. The lowest BCUT2D eigenvalue weighted by Gasteiger charge is -2.11. The third-order valence-corrected chi connectivity index (χ3v) is 3.90. The summed E-state index contributed by atoms with van der Waals surface area (Å²) >= 11 is 5.28. The van der Waals surface area contributed by atoms with Gasteiger partial charge in [0.15, 0.2) is 17.3 Å². The van der Waals surface area contributed by atoms with Crippen molar-refractivity contribution in [2.24, 2.45) is 5.10 Å². The standard InChI is InChI=1S/C17H17N5O3S/c1-23-13-9-15(25-3)14(24-2)8-12(13)10-19-22-16(20-21-17(22)26)11-4-6-18-7-5-11/h4-10H,1-3H3,(H,21,26). The molecule has 0 bridgehead atoms. The molecule has 0 spiro atoms. The van der Waals surface area contributed by atoms with E-state index in [1.807, 2.05) is 12.1 Å². The SMILES string of the molecule is COc1cc(OC)c(OC)cc1C=Nn1c(-c2ccncc2)n[nH]c1=S. The van der Waals surface area contributed by atoms with Crippen molar-refractivity contribution in [3.05, 3.63) is 47.0 Å². The van der Waals surface area contributed by atoms with Crippen molar-refractivity contribution in [1.29, 1.82) is 0 Å². The average Bonchev–Trinajstić information content (AvgIpc) is 3.06. The van der Waals surface area contributed by atoms with Gasteiger partial charge in [0.05, 0.1) is 27.5 Å². The van der Waals surface area contributed by atoms with Crippen LogP contribution in [0, 0.1) is 4.77 Å². The van der Waals surface area contributed by atoms with Crippen molar-refractivity contribution in [3.63, 3.8) is 0 Å². The van der Waals surface area contributed by atoms with E-state index >= 15 is 0 Å². The first-order valence-electron chi connectivity index (χ1n) is 7.60. The van der Waals surface area contributed by atoms with Gasteiger partial charge >= 0.3 is 0 Å². The lowest BCUT2D eigenvalue weighted by molar-refractivity contribution is 0.349. The lowest BCUT2D eigenvalue weighted by atomic mass is 10.2. The second kappa shape index (κ2) is 7.79. The Hall–Kier alpha value is -3.20. The van der Waals surface area contributed by atoms with Gasteiger partial charge in [0.1, 0.15) is 5.75 Å². The highest BCUT2D eigenvalue weighted by Crippen LogP contribution is 2.33. The molecule has 0 fully saturated rings. The molecule has 0 saturated heterocycles. The largest absolute Gasteiger partial charge is 0.496 e. The van der Waals surface area contributed by atoms with E-state index in [0.29, 0.717) is 33.4 Å². The smallest absolute Gasteiger partial charge is 0.216 e. The number of methoxy groups -OCH3 is 3. The summed E-state index contributed by atoms with van der Waals surface area (Å²) in [4.78, 5) is 4.01. The third-order valence-electron chi connectivity index (χ3n) is 3.64. The topological polar surface area (TPSA) is 86.5 Å². The van der Waals surface area contributed by atoms with Crippen LogP contribution in [-0.2, 0) is 0 Å². The summed E-state index contributed by atoms with van der Waals surface area (Å²) in [7, 11) is 4.71. The molecular formula is C17H17N5O3S. The van der Waals surface area contributed by atoms with E-state index in [0.717, 1.165) is 5.56 Å². The molecule has 0 aliphatic rings. The molecule has 134 valence electrons. The minimum atomic E-state index is 0.368. The molecule has 2 heterocycles. The Morgan fingerprint density at radius 1 is 1.04 bits per heavy atom. The number of nitrogens with one attached hydrogen (secondary N) is 1. The molecule has 2 aromatic heterocycles. The van der Waals surface area contributed by atoms with Gasteiger partial charge in [-0.3, -0.25) is 4.98 Å². The predicted octanol–water partition coefficient (Wildman–Crippen LogP) is 2.91. The number of pyridine rings is 1. The zero-order valence-corrected chi connectivity index (χ0v) is 15.3.